The first-order valence-electron chi connectivity index (χ1n) is 17.2. The number of aryl methyl sites for hydroxylation is 1. The SMILES string of the molecule is CCS(=O)(=O)Nc1n[nH]c(C2C3(CNC(=O)CC(C)(C)C(=O)OC)COC2(c2nc4c(C)cc(N5CC[C@](C)(c6ccccc6)C5)cn4n2)C3)n1. The van der Waals surface area contributed by atoms with Crippen LogP contribution in [0.15, 0.2) is 42.6 Å². The van der Waals surface area contributed by atoms with Gasteiger partial charge in [0.2, 0.25) is 15.9 Å². The zero-order valence-electron chi connectivity index (χ0n) is 29.8. The van der Waals surface area contributed by atoms with Crippen molar-refractivity contribution in [2.24, 2.45) is 10.8 Å². The molecule has 0 spiro atoms. The zero-order chi connectivity index (χ0) is 36.4. The molecule has 51 heavy (non-hydrogen) atoms. The van der Waals surface area contributed by atoms with Gasteiger partial charge in [-0.25, -0.2) is 22.6 Å². The number of methoxy groups -OCH3 is 1. The van der Waals surface area contributed by atoms with Crippen LogP contribution in [0.2, 0.25) is 0 Å². The summed E-state index contributed by atoms with van der Waals surface area (Å²) in [7, 11) is -2.33. The van der Waals surface area contributed by atoms with Gasteiger partial charge in [-0.2, -0.15) is 4.98 Å². The van der Waals surface area contributed by atoms with Gasteiger partial charge in [0.25, 0.3) is 5.95 Å². The maximum Gasteiger partial charge on any atom is 0.311 e. The molecular formula is C35H45N9O6S. The van der Waals surface area contributed by atoms with Gasteiger partial charge in [-0.1, -0.05) is 37.3 Å². The van der Waals surface area contributed by atoms with E-state index in [-0.39, 0.29) is 42.6 Å². The minimum atomic E-state index is -3.63. The Morgan fingerprint density at radius 1 is 1.20 bits per heavy atom. The van der Waals surface area contributed by atoms with Crippen molar-refractivity contribution in [3.8, 4) is 0 Å². The molecule has 272 valence electrons. The molecule has 15 nitrogen and oxygen atoms in total. The van der Waals surface area contributed by atoms with E-state index >= 15 is 0 Å². The first-order chi connectivity index (χ1) is 24.1. The molecule has 6 heterocycles. The molecule has 2 bridgehead atoms. The van der Waals surface area contributed by atoms with Crippen molar-refractivity contribution in [2.45, 2.75) is 70.8 Å². The van der Waals surface area contributed by atoms with Crippen molar-refractivity contribution >= 4 is 39.2 Å². The summed E-state index contributed by atoms with van der Waals surface area (Å²) in [6.45, 7) is 11.4. The molecule has 1 aromatic carbocycles. The van der Waals surface area contributed by atoms with Gasteiger partial charge >= 0.3 is 5.97 Å². The Morgan fingerprint density at radius 2 is 1.96 bits per heavy atom. The van der Waals surface area contributed by atoms with Crippen LogP contribution in [-0.2, 0) is 40.1 Å². The van der Waals surface area contributed by atoms with Crippen LogP contribution in [0.5, 0.6) is 0 Å². The minimum absolute atomic E-state index is 0.0303. The van der Waals surface area contributed by atoms with E-state index < -0.39 is 38.3 Å². The van der Waals surface area contributed by atoms with Crippen LogP contribution in [0.4, 0.5) is 11.6 Å². The summed E-state index contributed by atoms with van der Waals surface area (Å²) >= 11 is 0. The van der Waals surface area contributed by atoms with E-state index in [1.165, 1.54) is 19.6 Å². The molecule has 1 aliphatic carbocycles. The number of sulfonamides is 1. The number of hydrogen-bond acceptors (Lipinski definition) is 11. The average molecular weight is 720 g/mol. The lowest BCUT2D eigenvalue weighted by Gasteiger charge is -2.50. The fraction of sp³-hybridized carbons (Fsp3) is 0.543. The molecule has 4 aliphatic rings. The molecule has 0 radical (unpaired) electrons. The number of fused-ring (bicyclic) bond motifs is 2. The van der Waals surface area contributed by atoms with E-state index in [0.29, 0.717) is 23.7 Å². The second-order valence-corrected chi connectivity index (χ2v) is 17.2. The van der Waals surface area contributed by atoms with Crippen molar-refractivity contribution in [1.29, 1.82) is 0 Å². The van der Waals surface area contributed by atoms with Crippen LogP contribution in [0.3, 0.4) is 0 Å². The monoisotopic (exact) mass is 719 g/mol. The van der Waals surface area contributed by atoms with E-state index in [0.717, 1.165) is 30.8 Å². The van der Waals surface area contributed by atoms with Crippen LogP contribution in [0.1, 0.15) is 75.7 Å². The number of benzene rings is 1. The largest absolute Gasteiger partial charge is 0.469 e. The maximum atomic E-state index is 13.1. The first kappa shape index (κ1) is 34.9. The Bertz CT molecular complexity index is 2100. The summed E-state index contributed by atoms with van der Waals surface area (Å²) in [5, 5.41) is 15.1. The van der Waals surface area contributed by atoms with Crippen molar-refractivity contribution in [1.82, 2.24) is 35.1 Å². The number of pyridine rings is 1. The summed E-state index contributed by atoms with van der Waals surface area (Å²) in [5.41, 5.74) is 1.44. The second kappa shape index (κ2) is 12.3. The number of aromatic amines is 1. The highest BCUT2D eigenvalue weighted by Crippen LogP contribution is 2.70. The molecule has 8 rings (SSSR count). The predicted molar refractivity (Wildman–Crippen MR) is 189 cm³/mol. The number of nitrogens with one attached hydrogen (secondary N) is 3. The molecular weight excluding hydrogens is 675 g/mol. The molecule has 4 atom stereocenters. The van der Waals surface area contributed by atoms with Crippen molar-refractivity contribution < 1.29 is 27.5 Å². The third-order valence-electron chi connectivity index (χ3n) is 11.0. The van der Waals surface area contributed by atoms with Crippen molar-refractivity contribution in [2.75, 3.05) is 48.7 Å². The molecule has 4 fully saturated rings. The number of amides is 1. The number of carbonyl (C=O) groups excluding carboxylic acids is 2. The Morgan fingerprint density at radius 3 is 2.69 bits per heavy atom. The smallest absolute Gasteiger partial charge is 0.311 e. The van der Waals surface area contributed by atoms with Crippen LogP contribution >= 0.6 is 0 Å². The van der Waals surface area contributed by atoms with Crippen LogP contribution < -0.4 is 14.9 Å². The molecule has 3 unspecified atom stereocenters. The molecule has 3 aliphatic heterocycles. The summed E-state index contributed by atoms with van der Waals surface area (Å²) < 4.78 is 40.3. The van der Waals surface area contributed by atoms with Crippen molar-refractivity contribution in [3.63, 3.8) is 0 Å². The van der Waals surface area contributed by atoms with Gasteiger partial charge in [0.1, 0.15) is 11.4 Å². The van der Waals surface area contributed by atoms with E-state index in [1.807, 2.05) is 23.7 Å². The highest BCUT2D eigenvalue weighted by molar-refractivity contribution is 7.92. The van der Waals surface area contributed by atoms with E-state index in [4.69, 9.17) is 19.6 Å². The molecule has 1 saturated carbocycles. The van der Waals surface area contributed by atoms with Gasteiger partial charge in [-0.05, 0) is 57.7 Å². The normalized spacial score (nSPS) is 25.9. The quantitative estimate of drug-likeness (QED) is 0.183. The zero-order valence-corrected chi connectivity index (χ0v) is 30.6. The van der Waals surface area contributed by atoms with Crippen molar-refractivity contribution in [3.05, 3.63) is 65.4 Å². The molecule has 3 N–H and O–H groups in total. The summed E-state index contributed by atoms with van der Waals surface area (Å²) in [6, 6.07) is 12.8. The van der Waals surface area contributed by atoms with Gasteiger partial charge < -0.3 is 19.7 Å². The van der Waals surface area contributed by atoms with E-state index in [2.05, 4.69) is 67.4 Å². The van der Waals surface area contributed by atoms with Gasteiger partial charge in [0.05, 0.1) is 42.7 Å². The van der Waals surface area contributed by atoms with E-state index in [1.54, 1.807) is 13.8 Å². The number of aromatic nitrogens is 6. The van der Waals surface area contributed by atoms with Crippen LogP contribution in [-0.4, -0.2) is 89.2 Å². The number of hydrogen-bond donors (Lipinski definition) is 3. The molecule has 4 aromatic rings. The number of esters is 1. The predicted octanol–water partition coefficient (Wildman–Crippen LogP) is 3.19. The highest BCUT2D eigenvalue weighted by atomic mass is 32.2. The number of rotatable bonds is 12. The Kier molecular flexibility index (Phi) is 8.40. The highest BCUT2D eigenvalue weighted by Gasteiger charge is 2.74. The lowest BCUT2D eigenvalue weighted by atomic mass is 9.53. The number of nitrogens with zero attached hydrogens (tertiary/aromatic N) is 6. The van der Waals surface area contributed by atoms with E-state index in [9.17, 15) is 18.0 Å². The Balaban J connectivity index is 1.18. The summed E-state index contributed by atoms with van der Waals surface area (Å²) in [5.74, 6) is -0.628. The molecule has 1 amide bonds. The van der Waals surface area contributed by atoms with Gasteiger partial charge in [0.15, 0.2) is 11.5 Å². The molecule has 16 heteroatoms. The number of ether oxygens (including phenoxy) is 2. The Labute approximate surface area is 297 Å². The fourth-order valence-corrected chi connectivity index (χ4v) is 8.63. The first-order valence-corrected chi connectivity index (χ1v) is 18.9. The lowest BCUT2D eigenvalue weighted by molar-refractivity contribution is -0.153. The van der Waals surface area contributed by atoms with Crippen LogP contribution in [0.25, 0.3) is 5.65 Å². The number of anilines is 2. The second-order valence-electron chi connectivity index (χ2n) is 15.2. The minimum Gasteiger partial charge on any atom is -0.469 e. The molecule has 3 saturated heterocycles. The van der Waals surface area contributed by atoms with Gasteiger partial charge in [-0.15, -0.1) is 10.2 Å². The summed E-state index contributed by atoms with van der Waals surface area (Å²) in [4.78, 5) is 37.3. The number of H-pyrrole nitrogens is 1. The third kappa shape index (κ3) is 6.01. The number of carbonyl (C=O) groups is 2. The average Bonchev–Trinajstić information content (AvgIpc) is 3.92. The van der Waals surface area contributed by atoms with Crippen LogP contribution in [0, 0.1) is 17.8 Å². The standard InChI is InChI=1S/C35H45N9O6S/c1-7-51(47,48)42-31-37-27(39-40-31)26-34(19-36-25(45)16-32(3,4)30(46)49-6)18-35(26,50-21-34)29-38-28-22(2)15-24(17-44(28)41-29)43-14-13-33(5,20-43)23-11-9-8-10-12-23/h8-12,15,17,26H,7,13-14,16,18-21H2,1-6H3,(H,36,45)(H2,37,39,40,42)/t26?,33-,34?,35?/m0/s1. The van der Waals surface area contributed by atoms with Gasteiger partial charge in [0, 0.05) is 36.9 Å². The molecule has 3 aromatic heterocycles. The Hall–Kier alpha value is -4.57. The fourth-order valence-electron chi connectivity index (χ4n) is 8.12. The third-order valence-corrected chi connectivity index (χ3v) is 12.2. The maximum absolute atomic E-state index is 13.1. The van der Waals surface area contributed by atoms with Gasteiger partial charge in [-0.3, -0.25) is 14.7 Å². The lowest BCUT2D eigenvalue weighted by Crippen LogP contribution is -2.56. The topological polar surface area (TPSA) is 186 Å². The summed E-state index contributed by atoms with van der Waals surface area (Å²) in [6.07, 6.45) is 3.46.